The number of aromatic nitrogens is 5. The van der Waals surface area contributed by atoms with Crippen LogP contribution in [0.3, 0.4) is 0 Å². The van der Waals surface area contributed by atoms with Crippen molar-refractivity contribution in [3.63, 3.8) is 0 Å². The Morgan fingerprint density at radius 3 is 2.36 bits per heavy atom. The van der Waals surface area contributed by atoms with Gasteiger partial charge in [0.2, 0.25) is 0 Å². The monoisotopic (exact) mass is 498 g/mol. The zero-order valence-corrected chi connectivity index (χ0v) is 18.5. The van der Waals surface area contributed by atoms with Crippen LogP contribution in [0, 0.1) is 17.1 Å². The minimum atomic E-state index is -4.95. The molecule has 0 radical (unpaired) electrons. The Bertz CT molecular complexity index is 1420. The van der Waals surface area contributed by atoms with Crippen molar-refractivity contribution >= 4 is 11.7 Å². The molecule has 36 heavy (non-hydrogen) atoms. The van der Waals surface area contributed by atoms with E-state index < -0.39 is 29.3 Å². The molecule has 0 bridgehead atoms. The summed E-state index contributed by atoms with van der Waals surface area (Å²) < 4.78 is 56.2. The number of carbonyl (C=O) groups excluding carboxylic acids is 1. The zero-order chi connectivity index (χ0) is 25.9. The molecular weight excluding hydrogens is 480 g/mol. The first kappa shape index (κ1) is 24.4. The molecule has 2 heterocycles. The predicted molar refractivity (Wildman–Crippen MR) is 120 cm³/mol. The Labute approximate surface area is 201 Å². The summed E-state index contributed by atoms with van der Waals surface area (Å²) in [5.41, 5.74) is 4.90. The van der Waals surface area contributed by atoms with E-state index in [9.17, 15) is 27.6 Å². The van der Waals surface area contributed by atoms with Crippen molar-refractivity contribution in [2.24, 2.45) is 0 Å². The summed E-state index contributed by atoms with van der Waals surface area (Å²) in [5.74, 6) is -1.55. The molecule has 9 nitrogen and oxygen atoms in total. The number of nitrogens with one attached hydrogen (secondary N) is 1. The Kier molecular flexibility index (Phi) is 6.69. The van der Waals surface area contributed by atoms with Crippen molar-refractivity contribution in [3.05, 3.63) is 83.1 Å². The minimum Gasteiger partial charge on any atom is -0.382 e. The van der Waals surface area contributed by atoms with Crippen molar-refractivity contribution in [3.8, 4) is 17.4 Å². The van der Waals surface area contributed by atoms with Gasteiger partial charge in [0.05, 0.1) is 17.1 Å². The summed E-state index contributed by atoms with van der Waals surface area (Å²) in [6, 6.07) is 15.1. The molecule has 0 aliphatic rings. The molecule has 2 aromatic carbocycles. The van der Waals surface area contributed by atoms with Crippen molar-refractivity contribution in [1.82, 2.24) is 30.1 Å². The standard InChI is InChI=1S/C23H18F4N8O/c24-14-8-10-16(11-9-14)34-20(23(25,26)27)19(31-33-34)22(36)30-12-4-7-18-17(13-28)21(29)35(32-18)15-5-2-1-3-6-15/h1-3,5-6,8-11H,4,7,12,29H2,(H,30,36). The van der Waals surface area contributed by atoms with Crippen LogP contribution in [0.15, 0.2) is 54.6 Å². The van der Waals surface area contributed by atoms with Crippen LogP contribution in [-0.2, 0) is 12.6 Å². The van der Waals surface area contributed by atoms with Crippen molar-refractivity contribution in [2.75, 3.05) is 12.3 Å². The van der Waals surface area contributed by atoms with Crippen LogP contribution in [0.25, 0.3) is 11.4 Å². The lowest BCUT2D eigenvalue weighted by atomic mass is 10.1. The molecule has 0 spiro atoms. The number of hydrogen-bond donors (Lipinski definition) is 2. The molecule has 0 aliphatic carbocycles. The fourth-order valence-electron chi connectivity index (χ4n) is 3.53. The molecule has 2 aromatic heterocycles. The highest BCUT2D eigenvalue weighted by molar-refractivity contribution is 5.93. The van der Waals surface area contributed by atoms with Crippen molar-refractivity contribution in [2.45, 2.75) is 19.0 Å². The molecule has 3 N–H and O–H groups in total. The third-order valence-electron chi connectivity index (χ3n) is 5.21. The largest absolute Gasteiger partial charge is 0.435 e. The van der Waals surface area contributed by atoms with E-state index in [1.807, 2.05) is 12.1 Å². The molecule has 13 heteroatoms. The number of carbonyl (C=O) groups is 1. The van der Waals surface area contributed by atoms with Gasteiger partial charge in [-0.25, -0.2) is 13.8 Å². The second-order valence-electron chi connectivity index (χ2n) is 7.60. The maximum atomic E-state index is 13.7. The Morgan fingerprint density at radius 1 is 1.06 bits per heavy atom. The first-order valence-corrected chi connectivity index (χ1v) is 10.6. The molecule has 4 rings (SSSR count). The van der Waals surface area contributed by atoms with Gasteiger partial charge in [-0.1, -0.05) is 23.4 Å². The SMILES string of the molecule is N#Cc1c(CCCNC(=O)c2nnn(-c3ccc(F)cc3)c2C(F)(F)F)nn(-c2ccccc2)c1N. The third-order valence-corrected chi connectivity index (χ3v) is 5.21. The number of aryl methyl sites for hydroxylation is 1. The number of anilines is 1. The van der Waals surface area contributed by atoms with Crippen molar-refractivity contribution in [1.29, 1.82) is 5.26 Å². The number of benzene rings is 2. The summed E-state index contributed by atoms with van der Waals surface area (Å²) in [7, 11) is 0. The summed E-state index contributed by atoms with van der Waals surface area (Å²) in [5, 5.41) is 23.1. The number of nitriles is 1. The van der Waals surface area contributed by atoms with Crippen LogP contribution < -0.4 is 11.1 Å². The van der Waals surface area contributed by atoms with E-state index in [-0.39, 0.29) is 36.5 Å². The van der Waals surface area contributed by atoms with Gasteiger partial charge in [0.15, 0.2) is 11.4 Å². The van der Waals surface area contributed by atoms with Crippen LogP contribution in [0.4, 0.5) is 23.4 Å². The molecule has 0 saturated carbocycles. The number of amides is 1. The fraction of sp³-hybridized carbons (Fsp3) is 0.174. The second kappa shape index (κ2) is 9.87. The number of alkyl halides is 3. The smallest absolute Gasteiger partial charge is 0.382 e. The van der Waals surface area contributed by atoms with Crippen LogP contribution in [-0.4, -0.2) is 37.2 Å². The predicted octanol–water partition coefficient (Wildman–Crippen LogP) is 3.43. The van der Waals surface area contributed by atoms with Gasteiger partial charge in [0.1, 0.15) is 23.3 Å². The minimum absolute atomic E-state index is 0.0253. The maximum Gasteiger partial charge on any atom is 0.435 e. The van der Waals surface area contributed by atoms with Gasteiger partial charge in [0.25, 0.3) is 5.91 Å². The quantitative estimate of drug-likeness (QED) is 0.297. The number of halogens is 4. The Morgan fingerprint density at radius 2 is 1.72 bits per heavy atom. The van der Waals surface area contributed by atoms with Gasteiger partial charge in [-0.05, 0) is 49.2 Å². The van der Waals surface area contributed by atoms with E-state index in [4.69, 9.17) is 5.73 Å². The lowest BCUT2D eigenvalue weighted by Crippen LogP contribution is -2.28. The molecular formula is C23H18F4N8O. The van der Waals surface area contributed by atoms with Gasteiger partial charge in [-0.2, -0.15) is 23.5 Å². The van der Waals surface area contributed by atoms with Gasteiger partial charge < -0.3 is 11.1 Å². The normalized spacial score (nSPS) is 11.3. The molecule has 184 valence electrons. The molecule has 0 atom stereocenters. The van der Waals surface area contributed by atoms with E-state index in [0.717, 1.165) is 24.3 Å². The van der Waals surface area contributed by atoms with Gasteiger partial charge in [-0.15, -0.1) is 5.10 Å². The third kappa shape index (κ3) is 4.88. The zero-order valence-electron chi connectivity index (χ0n) is 18.5. The number of hydrogen-bond acceptors (Lipinski definition) is 6. The summed E-state index contributed by atoms with van der Waals surface area (Å²) in [6.07, 6.45) is -4.45. The van der Waals surface area contributed by atoms with Crippen LogP contribution in [0.2, 0.25) is 0 Å². The topological polar surface area (TPSA) is 127 Å². The van der Waals surface area contributed by atoms with E-state index in [1.165, 1.54) is 4.68 Å². The molecule has 1 amide bonds. The van der Waals surface area contributed by atoms with E-state index in [2.05, 4.69) is 20.7 Å². The number of para-hydroxylation sites is 1. The molecule has 0 aliphatic heterocycles. The fourth-order valence-corrected chi connectivity index (χ4v) is 3.53. The maximum absolute atomic E-state index is 13.7. The second-order valence-corrected chi connectivity index (χ2v) is 7.60. The lowest BCUT2D eigenvalue weighted by Gasteiger charge is -2.11. The van der Waals surface area contributed by atoms with Gasteiger partial charge >= 0.3 is 6.18 Å². The highest BCUT2D eigenvalue weighted by Crippen LogP contribution is 2.32. The first-order chi connectivity index (χ1) is 17.2. The van der Waals surface area contributed by atoms with E-state index >= 15 is 0 Å². The van der Waals surface area contributed by atoms with Crippen LogP contribution in [0.5, 0.6) is 0 Å². The van der Waals surface area contributed by atoms with Gasteiger partial charge in [-0.3, -0.25) is 4.79 Å². The number of nitrogen functional groups attached to an aromatic ring is 1. The van der Waals surface area contributed by atoms with E-state index in [0.29, 0.717) is 16.1 Å². The molecule has 4 aromatic rings. The lowest BCUT2D eigenvalue weighted by molar-refractivity contribution is -0.143. The van der Waals surface area contributed by atoms with E-state index in [1.54, 1.807) is 24.3 Å². The Balaban J connectivity index is 1.46. The highest BCUT2D eigenvalue weighted by Gasteiger charge is 2.42. The molecule has 0 fully saturated rings. The first-order valence-electron chi connectivity index (χ1n) is 10.6. The molecule has 0 saturated heterocycles. The summed E-state index contributed by atoms with van der Waals surface area (Å²) in [4.78, 5) is 12.5. The number of rotatable bonds is 7. The summed E-state index contributed by atoms with van der Waals surface area (Å²) >= 11 is 0. The average molecular weight is 498 g/mol. The molecule has 0 unspecified atom stereocenters. The van der Waals surface area contributed by atoms with Gasteiger partial charge in [0, 0.05) is 6.54 Å². The summed E-state index contributed by atoms with van der Waals surface area (Å²) in [6.45, 7) is -0.0253. The van der Waals surface area contributed by atoms with Crippen LogP contribution >= 0.6 is 0 Å². The van der Waals surface area contributed by atoms with Crippen molar-refractivity contribution < 1.29 is 22.4 Å². The number of nitrogens with zero attached hydrogens (tertiary/aromatic N) is 6. The Hall–Kier alpha value is -4.73. The van der Waals surface area contributed by atoms with Crippen LogP contribution in [0.1, 0.15) is 33.9 Å². The highest BCUT2D eigenvalue weighted by atomic mass is 19.4. The average Bonchev–Trinajstić information content (AvgIpc) is 3.44. The number of nitrogens with two attached hydrogens (primary N) is 1.